The molecule has 0 spiro atoms. The van der Waals surface area contributed by atoms with Crippen LogP contribution in [0.5, 0.6) is 0 Å². The zero-order valence-electron chi connectivity index (χ0n) is 16.9. The monoisotopic (exact) mass is 452 g/mol. The second kappa shape index (κ2) is 8.19. The van der Waals surface area contributed by atoms with E-state index in [9.17, 15) is 22.8 Å². The summed E-state index contributed by atoms with van der Waals surface area (Å²) in [5.74, 6) is 1.79. The molecule has 0 saturated carbocycles. The Hall–Kier alpha value is -3.13. The maximum atomic E-state index is 13.2. The van der Waals surface area contributed by atoms with Gasteiger partial charge in [0.2, 0.25) is 10.1 Å². The normalized spacial score (nSPS) is 17.5. The van der Waals surface area contributed by atoms with Crippen molar-refractivity contribution in [2.75, 3.05) is 11.4 Å². The molecule has 3 rings (SSSR count). The van der Waals surface area contributed by atoms with Crippen LogP contribution in [0.4, 0.5) is 23.1 Å². The van der Waals surface area contributed by atoms with Gasteiger partial charge in [-0.1, -0.05) is 35.5 Å². The topological polar surface area (TPSA) is 75.6 Å². The first-order valence-electron chi connectivity index (χ1n) is 9.21. The molecular formula is C20H19F3N4O3S. The quantitative estimate of drug-likeness (QED) is 0.516. The molecule has 2 heterocycles. The first kappa shape index (κ1) is 22.6. The van der Waals surface area contributed by atoms with E-state index in [4.69, 9.17) is 11.2 Å². The molecule has 1 fully saturated rings. The van der Waals surface area contributed by atoms with Crippen LogP contribution in [-0.4, -0.2) is 45.4 Å². The summed E-state index contributed by atoms with van der Waals surface area (Å²) in [4.78, 5) is 28.1. The molecule has 2 aromatic rings. The molecule has 1 aromatic heterocycles. The number of aryl methyl sites for hydroxylation is 1. The Labute approximate surface area is 180 Å². The number of halogens is 3. The highest BCUT2D eigenvalue weighted by Crippen LogP contribution is 2.37. The van der Waals surface area contributed by atoms with E-state index in [2.05, 4.69) is 16.1 Å². The van der Waals surface area contributed by atoms with Gasteiger partial charge in [-0.15, -0.1) is 16.6 Å². The van der Waals surface area contributed by atoms with Crippen LogP contribution < -0.4 is 4.90 Å². The molecule has 0 radical (unpaired) electrons. The highest BCUT2D eigenvalue weighted by Gasteiger charge is 2.45. The van der Waals surface area contributed by atoms with Gasteiger partial charge in [-0.2, -0.15) is 13.2 Å². The van der Waals surface area contributed by atoms with Gasteiger partial charge in [0.15, 0.2) is 6.23 Å². The number of hydrogen-bond acceptors (Lipinski definition) is 6. The molecule has 1 aromatic carbocycles. The number of carbonyl (C=O) groups excluding carboxylic acids is 2. The molecule has 2 amide bonds. The fourth-order valence-electron chi connectivity index (χ4n) is 3.05. The molecule has 1 aliphatic rings. The number of carbonyl (C=O) groups is 2. The van der Waals surface area contributed by atoms with Gasteiger partial charge < -0.3 is 9.64 Å². The number of urea groups is 1. The predicted molar refractivity (Wildman–Crippen MR) is 107 cm³/mol. The lowest BCUT2D eigenvalue weighted by molar-refractivity contribution is -0.138. The number of ether oxygens (including phenoxy) is 1. The molecule has 0 N–H and O–H groups in total. The average molecular weight is 452 g/mol. The lowest BCUT2D eigenvalue weighted by atomic mass is 10.0. The van der Waals surface area contributed by atoms with Crippen LogP contribution >= 0.6 is 11.3 Å². The van der Waals surface area contributed by atoms with Crippen molar-refractivity contribution in [3.63, 3.8) is 0 Å². The van der Waals surface area contributed by atoms with Crippen LogP contribution in [0.2, 0.25) is 0 Å². The Balaban J connectivity index is 1.97. The first-order chi connectivity index (χ1) is 14.5. The lowest BCUT2D eigenvalue weighted by Crippen LogP contribution is -2.61. The van der Waals surface area contributed by atoms with E-state index in [-0.39, 0.29) is 35.0 Å². The number of esters is 1. The van der Waals surface area contributed by atoms with Gasteiger partial charge in [0.25, 0.3) is 0 Å². The fourth-order valence-corrected chi connectivity index (χ4v) is 3.79. The maximum Gasteiger partial charge on any atom is 0.445 e. The number of alkyl halides is 3. The summed E-state index contributed by atoms with van der Waals surface area (Å²) >= 11 is 0.188. The van der Waals surface area contributed by atoms with Gasteiger partial charge >= 0.3 is 18.2 Å². The number of hydrogen-bond donors (Lipinski definition) is 0. The number of amides is 2. The van der Waals surface area contributed by atoms with Crippen LogP contribution in [0.1, 0.15) is 41.2 Å². The molecule has 11 heteroatoms. The second-order valence-corrected chi connectivity index (χ2v) is 8.31. The third-order valence-electron chi connectivity index (χ3n) is 4.82. The van der Waals surface area contributed by atoms with Gasteiger partial charge in [-0.3, -0.25) is 0 Å². The van der Waals surface area contributed by atoms with Crippen molar-refractivity contribution in [3.05, 3.63) is 40.4 Å². The van der Waals surface area contributed by atoms with E-state index in [0.29, 0.717) is 5.56 Å². The highest BCUT2D eigenvalue weighted by molar-refractivity contribution is 7.15. The second-order valence-electron chi connectivity index (χ2n) is 7.36. The molecule has 1 unspecified atom stereocenters. The highest BCUT2D eigenvalue weighted by atomic mass is 32.1. The molecule has 0 aliphatic carbocycles. The van der Waals surface area contributed by atoms with Crippen molar-refractivity contribution in [2.45, 2.75) is 45.1 Å². The van der Waals surface area contributed by atoms with E-state index in [0.717, 1.165) is 4.90 Å². The SMILES string of the molecule is C#CC(C)(C)N1CCC(OC(=O)c2ccccc2C)N(c2nnc(C(F)(F)F)s2)C1=O. The van der Waals surface area contributed by atoms with E-state index < -0.39 is 35.0 Å². The van der Waals surface area contributed by atoms with Crippen LogP contribution in [0.3, 0.4) is 0 Å². The minimum Gasteiger partial charge on any atom is -0.437 e. The number of anilines is 1. The van der Waals surface area contributed by atoms with E-state index in [1.807, 2.05) is 0 Å². The zero-order chi connectivity index (χ0) is 23.0. The van der Waals surface area contributed by atoms with Crippen molar-refractivity contribution in [3.8, 4) is 12.3 Å². The van der Waals surface area contributed by atoms with E-state index >= 15 is 0 Å². The molecule has 31 heavy (non-hydrogen) atoms. The molecular weight excluding hydrogens is 433 g/mol. The Kier molecular flexibility index (Phi) is 5.96. The first-order valence-corrected chi connectivity index (χ1v) is 10.0. The molecule has 1 atom stereocenters. The Morgan fingerprint density at radius 2 is 1.97 bits per heavy atom. The van der Waals surface area contributed by atoms with E-state index in [1.54, 1.807) is 45.0 Å². The number of terminal acetylenes is 1. The molecule has 1 saturated heterocycles. The van der Waals surface area contributed by atoms with Crippen molar-refractivity contribution in [2.24, 2.45) is 0 Å². The van der Waals surface area contributed by atoms with Gasteiger partial charge in [0.1, 0.15) is 0 Å². The summed E-state index contributed by atoms with van der Waals surface area (Å²) in [6.45, 7) is 5.12. The smallest absolute Gasteiger partial charge is 0.437 e. The Morgan fingerprint density at radius 3 is 2.55 bits per heavy atom. The molecule has 164 valence electrons. The maximum absolute atomic E-state index is 13.2. The molecule has 0 bridgehead atoms. The zero-order valence-corrected chi connectivity index (χ0v) is 17.8. The molecule has 7 nitrogen and oxygen atoms in total. The van der Waals surface area contributed by atoms with Crippen LogP contribution in [-0.2, 0) is 10.9 Å². The van der Waals surface area contributed by atoms with Crippen molar-refractivity contribution in [1.29, 1.82) is 0 Å². The number of benzene rings is 1. The van der Waals surface area contributed by atoms with Crippen LogP contribution in [0.25, 0.3) is 0 Å². The summed E-state index contributed by atoms with van der Waals surface area (Å²) in [6.07, 6.45) is -0.239. The minimum atomic E-state index is -4.72. The van der Waals surface area contributed by atoms with Crippen LogP contribution in [0, 0.1) is 19.3 Å². The Morgan fingerprint density at radius 1 is 1.29 bits per heavy atom. The lowest BCUT2D eigenvalue weighted by Gasteiger charge is -2.44. The van der Waals surface area contributed by atoms with Gasteiger partial charge in [-0.05, 0) is 32.4 Å². The fraction of sp³-hybridized carbons (Fsp3) is 0.400. The third-order valence-corrected chi connectivity index (χ3v) is 5.79. The van der Waals surface area contributed by atoms with Crippen LogP contribution in [0.15, 0.2) is 24.3 Å². The Bertz CT molecular complexity index is 1040. The third kappa shape index (κ3) is 4.49. The van der Waals surface area contributed by atoms with Gasteiger partial charge in [0.05, 0.1) is 11.1 Å². The summed E-state index contributed by atoms with van der Waals surface area (Å²) < 4.78 is 44.7. The van der Waals surface area contributed by atoms with Gasteiger partial charge in [-0.25, -0.2) is 14.5 Å². The summed E-state index contributed by atoms with van der Waals surface area (Å²) in [7, 11) is 0. The van der Waals surface area contributed by atoms with Crippen molar-refractivity contribution < 1.29 is 27.5 Å². The summed E-state index contributed by atoms with van der Waals surface area (Å²) in [5.41, 5.74) is -0.0706. The number of rotatable bonds is 4. The summed E-state index contributed by atoms with van der Waals surface area (Å²) in [6, 6.07) is 5.97. The predicted octanol–water partition coefficient (Wildman–Crippen LogP) is 4.09. The largest absolute Gasteiger partial charge is 0.445 e. The van der Waals surface area contributed by atoms with Gasteiger partial charge in [0, 0.05) is 13.0 Å². The van der Waals surface area contributed by atoms with E-state index in [1.165, 1.54) is 4.90 Å². The molecule has 1 aliphatic heterocycles. The number of nitrogens with zero attached hydrogens (tertiary/aromatic N) is 4. The van der Waals surface area contributed by atoms with Crippen molar-refractivity contribution >= 4 is 28.5 Å². The number of aromatic nitrogens is 2. The minimum absolute atomic E-state index is 0.120. The van der Waals surface area contributed by atoms with Crippen molar-refractivity contribution in [1.82, 2.24) is 15.1 Å². The summed E-state index contributed by atoms with van der Waals surface area (Å²) in [5, 5.41) is 5.12. The average Bonchev–Trinajstić information content (AvgIpc) is 3.18. The standard InChI is InChI=1S/C20H19F3N4O3S/c1-5-19(3,4)26-11-10-14(30-15(28)13-9-7-6-8-12(13)2)27(18(26)29)17-25-24-16(31-17)20(21,22)23/h1,6-9,14H,10-11H2,2-4H3.